The van der Waals surface area contributed by atoms with Gasteiger partial charge in [-0.3, -0.25) is 15.1 Å². The SMILES string of the molecule is CCCOc1nsc(NC(=O)Nc2cccnc2)c1C(N)=O. The molecular formula is C13H15N5O3S. The average molecular weight is 321 g/mol. The van der Waals surface area contributed by atoms with Gasteiger partial charge in [0.1, 0.15) is 10.6 Å². The molecule has 2 aromatic rings. The number of carbonyl (C=O) groups is 2. The maximum atomic E-state index is 11.9. The monoisotopic (exact) mass is 321 g/mol. The van der Waals surface area contributed by atoms with Crippen LogP contribution in [0, 0.1) is 0 Å². The number of aromatic nitrogens is 2. The second-order valence-electron chi connectivity index (χ2n) is 4.23. The van der Waals surface area contributed by atoms with Gasteiger partial charge in [-0.1, -0.05) is 6.92 Å². The average Bonchev–Trinajstić information content (AvgIpc) is 2.88. The Morgan fingerprint density at radius 3 is 2.86 bits per heavy atom. The first-order valence-electron chi connectivity index (χ1n) is 6.52. The van der Waals surface area contributed by atoms with Gasteiger partial charge in [-0.15, -0.1) is 0 Å². The van der Waals surface area contributed by atoms with Gasteiger partial charge < -0.3 is 15.8 Å². The fourth-order valence-electron chi connectivity index (χ4n) is 1.58. The summed E-state index contributed by atoms with van der Waals surface area (Å²) in [5, 5.41) is 5.35. The van der Waals surface area contributed by atoms with E-state index in [9.17, 15) is 9.59 Å². The molecule has 0 aromatic carbocycles. The summed E-state index contributed by atoms with van der Waals surface area (Å²) in [4.78, 5) is 27.3. The number of ether oxygens (including phenoxy) is 1. The van der Waals surface area contributed by atoms with Crippen LogP contribution in [0.1, 0.15) is 23.7 Å². The zero-order valence-electron chi connectivity index (χ0n) is 11.8. The predicted molar refractivity (Wildman–Crippen MR) is 83.3 cm³/mol. The normalized spacial score (nSPS) is 10.0. The van der Waals surface area contributed by atoms with E-state index in [0.717, 1.165) is 18.0 Å². The van der Waals surface area contributed by atoms with E-state index in [1.165, 1.54) is 6.20 Å². The van der Waals surface area contributed by atoms with Crippen LogP contribution in [0.3, 0.4) is 0 Å². The van der Waals surface area contributed by atoms with Gasteiger partial charge in [0.05, 0.1) is 18.5 Å². The Bertz CT molecular complexity index is 659. The molecule has 0 aliphatic heterocycles. The van der Waals surface area contributed by atoms with E-state index in [1.54, 1.807) is 18.3 Å². The van der Waals surface area contributed by atoms with E-state index in [4.69, 9.17) is 10.5 Å². The Balaban J connectivity index is 2.10. The maximum Gasteiger partial charge on any atom is 0.324 e. The van der Waals surface area contributed by atoms with E-state index in [1.807, 2.05) is 6.92 Å². The molecule has 0 atom stereocenters. The number of nitrogens with one attached hydrogen (secondary N) is 2. The molecule has 3 amide bonds. The zero-order chi connectivity index (χ0) is 15.9. The van der Waals surface area contributed by atoms with Crippen LogP contribution in [0.15, 0.2) is 24.5 Å². The van der Waals surface area contributed by atoms with Crippen LogP contribution in [-0.2, 0) is 0 Å². The minimum atomic E-state index is -0.712. The number of hydrogen-bond donors (Lipinski definition) is 3. The molecule has 22 heavy (non-hydrogen) atoms. The van der Waals surface area contributed by atoms with Crippen molar-refractivity contribution in [1.82, 2.24) is 9.36 Å². The summed E-state index contributed by atoms with van der Waals surface area (Å²) in [6.07, 6.45) is 3.85. The number of amides is 3. The first-order chi connectivity index (χ1) is 10.6. The van der Waals surface area contributed by atoms with Crippen LogP contribution in [0.5, 0.6) is 5.88 Å². The van der Waals surface area contributed by atoms with Crippen molar-refractivity contribution in [2.75, 3.05) is 17.2 Å². The number of urea groups is 1. The molecule has 0 unspecified atom stereocenters. The number of pyridine rings is 1. The molecule has 0 spiro atoms. The van der Waals surface area contributed by atoms with Crippen LogP contribution < -0.4 is 21.1 Å². The molecule has 0 saturated heterocycles. The standard InChI is InChI=1S/C13H15N5O3S/c1-2-6-21-11-9(10(14)19)12(22-18-11)17-13(20)16-8-4-3-5-15-7-8/h3-5,7H,2,6H2,1H3,(H2,14,19)(H2,16,17,20). The number of primary amides is 1. The van der Waals surface area contributed by atoms with Crippen LogP contribution in [0.2, 0.25) is 0 Å². The van der Waals surface area contributed by atoms with Gasteiger partial charge in [0, 0.05) is 6.20 Å². The number of carbonyl (C=O) groups excluding carboxylic acids is 2. The summed E-state index contributed by atoms with van der Waals surface area (Å²) < 4.78 is 9.34. The Hall–Kier alpha value is -2.68. The topological polar surface area (TPSA) is 119 Å². The van der Waals surface area contributed by atoms with E-state index in [-0.39, 0.29) is 16.4 Å². The number of hydrogen-bond acceptors (Lipinski definition) is 6. The van der Waals surface area contributed by atoms with Crippen molar-refractivity contribution < 1.29 is 14.3 Å². The Morgan fingerprint density at radius 2 is 2.23 bits per heavy atom. The molecule has 0 fully saturated rings. The van der Waals surface area contributed by atoms with Gasteiger partial charge in [0.15, 0.2) is 0 Å². The molecule has 2 aromatic heterocycles. The number of nitrogens with two attached hydrogens (primary N) is 1. The third-order valence-electron chi connectivity index (χ3n) is 2.50. The summed E-state index contributed by atoms with van der Waals surface area (Å²) in [5.41, 5.74) is 5.92. The van der Waals surface area contributed by atoms with Crippen LogP contribution in [0.25, 0.3) is 0 Å². The molecular weight excluding hydrogens is 306 g/mol. The Morgan fingerprint density at radius 1 is 1.41 bits per heavy atom. The van der Waals surface area contributed by atoms with Crippen molar-refractivity contribution in [3.8, 4) is 5.88 Å². The molecule has 0 radical (unpaired) electrons. The smallest absolute Gasteiger partial charge is 0.324 e. The highest BCUT2D eigenvalue weighted by Crippen LogP contribution is 2.30. The lowest BCUT2D eigenvalue weighted by molar-refractivity contribution is 0.0997. The lowest BCUT2D eigenvalue weighted by atomic mass is 10.3. The molecule has 0 saturated carbocycles. The highest BCUT2D eigenvalue weighted by atomic mass is 32.1. The molecule has 0 aliphatic carbocycles. The van der Waals surface area contributed by atoms with Crippen molar-refractivity contribution in [2.24, 2.45) is 5.73 Å². The molecule has 0 bridgehead atoms. The van der Waals surface area contributed by atoms with Gasteiger partial charge >= 0.3 is 6.03 Å². The maximum absolute atomic E-state index is 11.9. The summed E-state index contributed by atoms with van der Waals surface area (Å²) in [6, 6.07) is 2.85. The lowest BCUT2D eigenvalue weighted by Crippen LogP contribution is -2.21. The third kappa shape index (κ3) is 3.92. The molecule has 9 heteroatoms. The first kappa shape index (κ1) is 15.7. The van der Waals surface area contributed by atoms with Crippen LogP contribution >= 0.6 is 11.5 Å². The molecule has 2 heterocycles. The second-order valence-corrected chi connectivity index (χ2v) is 5.00. The summed E-state index contributed by atoms with van der Waals surface area (Å²) in [7, 11) is 0. The fourth-order valence-corrected chi connectivity index (χ4v) is 2.31. The Labute approximate surface area is 130 Å². The highest BCUT2D eigenvalue weighted by Gasteiger charge is 2.21. The van der Waals surface area contributed by atoms with Gasteiger partial charge in [0.2, 0.25) is 5.88 Å². The minimum Gasteiger partial charge on any atom is -0.476 e. The predicted octanol–water partition coefficient (Wildman–Crippen LogP) is 2.07. The van der Waals surface area contributed by atoms with E-state index < -0.39 is 11.9 Å². The van der Waals surface area contributed by atoms with E-state index >= 15 is 0 Å². The van der Waals surface area contributed by atoms with Gasteiger partial charge in [-0.05, 0) is 30.1 Å². The first-order valence-corrected chi connectivity index (χ1v) is 7.29. The Kier molecular flexibility index (Phi) is 5.26. The molecule has 8 nitrogen and oxygen atoms in total. The summed E-state index contributed by atoms with van der Waals surface area (Å²) in [6.45, 7) is 2.34. The summed E-state index contributed by atoms with van der Waals surface area (Å²) >= 11 is 0.930. The number of nitrogens with zero attached hydrogens (tertiary/aromatic N) is 2. The summed E-state index contributed by atoms with van der Waals surface area (Å²) in [5.74, 6) is -0.576. The highest BCUT2D eigenvalue weighted by molar-refractivity contribution is 7.11. The van der Waals surface area contributed by atoms with Crippen molar-refractivity contribution in [2.45, 2.75) is 13.3 Å². The van der Waals surface area contributed by atoms with Crippen molar-refractivity contribution in [3.05, 3.63) is 30.1 Å². The van der Waals surface area contributed by atoms with Crippen LogP contribution in [-0.4, -0.2) is 27.9 Å². The second kappa shape index (κ2) is 7.36. The van der Waals surface area contributed by atoms with Crippen LogP contribution in [0.4, 0.5) is 15.5 Å². The van der Waals surface area contributed by atoms with Gasteiger partial charge in [-0.25, -0.2) is 4.79 Å². The third-order valence-corrected chi connectivity index (χ3v) is 3.24. The van der Waals surface area contributed by atoms with Crippen molar-refractivity contribution >= 4 is 34.2 Å². The quantitative estimate of drug-likeness (QED) is 0.752. The molecule has 2 rings (SSSR count). The molecule has 116 valence electrons. The minimum absolute atomic E-state index is 0.0692. The zero-order valence-corrected chi connectivity index (χ0v) is 12.6. The van der Waals surface area contributed by atoms with E-state index in [0.29, 0.717) is 12.3 Å². The van der Waals surface area contributed by atoms with Crippen molar-refractivity contribution in [3.63, 3.8) is 0 Å². The largest absolute Gasteiger partial charge is 0.476 e. The van der Waals surface area contributed by atoms with Crippen molar-refractivity contribution in [1.29, 1.82) is 0 Å². The number of anilines is 2. The number of rotatable bonds is 6. The molecule has 0 aliphatic rings. The van der Waals surface area contributed by atoms with E-state index in [2.05, 4.69) is 20.0 Å². The lowest BCUT2D eigenvalue weighted by Gasteiger charge is -2.07. The van der Waals surface area contributed by atoms with Gasteiger partial charge in [-0.2, -0.15) is 4.37 Å². The van der Waals surface area contributed by atoms with Gasteiger partial charge in [0.25, 0.3) is 5.91 Å². The molecule has 4 N–H and O–H groups in total. The fraction of sp³-hybridized carbons (Fsp3) is 0.231.